The van der Waals surface area contributed by atoms with Crippen molar-refractivity contribution in [1.29, 1.82) is 0 Å². The van der Waals surface area contributed by atoms with Crippen LogP contribution < -0.4 is 20.2 Å². The van der Waals surface area contributed by atoms with Crippen LogP contribution in [0, 0.1) is 0 Å². The first-order chi connectivity index (χ1) is 9.20. The molecule has 0 bridgehead atoms. The van der Waals surface area contributed by atoms with Gasteiger partial charge in [-0.25, -0.2) is 0 Å². The molecule has 0 unspecified atom stereocenters. The number of halogens is 1. The normalized spacial score (nSPS) is 14.0. The molecule has 1 aromatic rings. The van der Waals surface area contributed by atoms with Gasteiger partial charge in [0, 0.05) is 13.5 Å². The summed E-state index contributed by atoms with van der Waals surface area (Å²) in [6.07, 6.45) is 2.45. The van der Waals surface area contributed by atoms with Gasteiger partial charge >= 0.3 is 0 Å². The summed E-state index contributed by atoms with van der Waals surface area (Å²) >= 11 is 11.1. The molecule has 1 aliphatic heterocycles. The lowest BCUT2D eigenvalue weighted by Crippen LogP contribution is -2.28. The summed E-state index contributed by atoms with van der Waals surface area (Å²) in [4.78, 5) is 0. The molecule has 19 heavy (non-hydrogen) atoms. The zero-order valence-corrected chi connectivity index (χ0v) is 12.0. The number of hydrogen-bond acceptors (Lipinski definition) is 4. The largest absolute Gasteiger partial charge is 0.489 e. The van der Waals surface area contributed by atoms with E-state index in [0.717, 1.165) is 12.0 Å². The molecular formula is C12H14ClN3O2S. The molecule has 0 saturated heterocycles. The molecule has 0 fully saturated rings. The lowest BCUT2D eigenvalue weighted by atomic mass is 10.2. The second kappa shape index (κ2) is 6.58. The second-order valence-corrected chi connectivity index (χ2v) is 4.65. The zero-order chi connectivity index (χ0) is 13.7. The van der Waals surface area contributed by atoms with Gasteiger partial charge in [0.05, 0.1) is 24.5 Å². The number of rotatable bonds is 2. The predicted octanol–water partition coefficient (Wildman–Crippen LogP) is 1.93. The third-order valence-electron chi connectivity index (χ3n) is 2.43. The molecule has 1 heterocycles. The summed E-state index contributed by atoms with van der Waals surface area (Å²) in [7, 11) is 1.72. The fraction of sp³-hybridized carbons (Fsp3) is 0.333. The van der Waals surface area contributed by atoms with Gasteiger partial charge in [-0.1, -0.05) is 11.6 Å². The summed E-state index contributed by atoms with van der Waals surface area (Å²) < 4.78 is 11.1. The van der Waals surface area contributed by atoms with Crippen LogP contribution in [0.5, 0.6) is 11.5 Å². The molecule has 2 N–H and O–H groups in total. The Morgan fingerprint density at radius 3 is 3.00 bits per heavy atom. The summed E-state index contributed by atoms with van der Waals surface area (Å²) in [5.41, 5.74) is 3.47. The van der Waals surface area contributed by atoms with Crippen molar-refractivity contribution in [3.63, 3.8) is 0 Å². The average molecular weight is 300 g/mol. The molecule has 0 amide bonds. The maximum Gasteiger partial charge on any atom is 0.186 e. The summed E-state index contributed by atoms with van der Waals surface area (Å²) in [6.45, 7) is 1.23. The number of thiocarbonyl (C=S) groups is 1. The van der Waals surface area contributed by atoms with Crippen molar-refractivity contribution >= 4 is 35.1 Å². The first kappa shape index (κ1) is 13.9. The van der Waals surface area contributed by atoms with Crippen molar-refractivity contribution in [2.45, 2.75) is 6.42 Å². The lowest BCUT2D eigenvalue weighted by molar-refractivity contribution is 0.297. The highest BCUT2D eigenvalue weighted by atomic mass is 35.5. The van der Waals surface area contributed by atoms with Crippen LogP contribution in [-0.4, -0.2) is 31.6 Å². The smallest absolute Gasteiger partial charge is 0.186 e. The third-order valence-corrected chi connectivity index (χ3v) is 3.01. The van der Waals surface area contributed by atoms with Crippen LogP contribution >= 0.6 is 23.8 Å². The van der Waals surface area contributed by atoms with E-state index in [9.17, 15) is 0 Å². The van der Waals surface area contributed by atoms with Crippen LogP contribution in [0.4, 0.5) is 0 Å². The first-order valence-corrected chi connectivity index (χ1v) is 6.59. The molecule has 0 aromatic heterocycles. The van der Waals surface area contributed by atoms with E-state index in [1.54, 1.807) is 19.3 Å². The Morgan fingerprint density at radius 1 is 1.42 bits per heavy atom. The van der Waals surface area contributed by atoms with Gasteiger partial charge in [-0.05, 0) is 29.9 Å². The Balaban J connectivity index is 2.16. The fourth-order valence-electron chi connectivity index (χ4n) is 1.55. The number of ether oxygens (including phenoxy) is 2. The number of hydrazone groups is 1. The van der Waals surface area contributed by atoms with Crippen molar-refractivity contribution < 1.29 is 9.47 Å². The standard InChI is InChI=1S/C12H14ClN3O2S/c1-14-12(19)16-15-7-8-5-9(13)11-10(6-8)17-3-2-4-18-11/h5-7H,2-4H2,1H3,(H2,14,16,19)/b15-7-. The molecule has 0 radical (unpaired) electrons. The number of nitrogens with one attached hydrogen (secondary N) is 2. The van der Waals surface area contributed by atoms with Gasteiger partial charge in [0.1, 0.15) is 0 Å². The number of benzene rings is 1. The van der Waals surface area contributed by atoms with Crippen molar-refractivity contribution in [1.82, 2.24) is 10.7 Å². The molecule has 0 aliphatic carbocycles. The predicted molar refractivity (Wildman–Crippen MR) is 79.4 cm³/mol. The topological polar surface area (TPSA) is 54.9 Å². The molecule has 0 saturated carbocycles. The summed E-state index contributed by atoms with van der Waals surface area (Å²) in [5.74, 6) is 1.23. The Morgan fingerprint density at radius 2 is 2.21 bits per heavy atom. The maximum atomic E-state index is 6.16. The monoisotopic (exact) mass is 299 g/mol. The third kappa shape index (κ3) is 3.71. The number of hydrogen-bond donors (Lipinski definition) is 2. The van der Waals surface area contributed by atoms with Crippen molar-refractivity contribution in [3.05, 3.63) is 22.7 Å². The van der Waals surface area contributed by atoms with Crippen LogP contribution in [-0.2, 0) is 0 Å². The highest BCUT2D eigenvalue weighted by Gasteiger charge is 2.14. The van der Waals surface area contributed by atoms with Crippen molar-refractivity contribution in [2.75, 3.05) is 20.3 Å². The van der Waals surface area contributed by atoms with Crippen molar-refractivity contribution in [2.24, 2.45) is 5.10 Å². The van der Waals surface area contributed by atoms with E-state index in [1.807, 2.05) is 6.07 Å². The fourth-order valence-corrected chi connectivity index (χ4v) is 1.87. The second-order valence-electron chi connectivity index (χ2n) is 3.83. The van der Waals surface area contributed by atoms with E-state index in [1.165, 1.54) is 0 Å². The van der Waals surface area contributed by atoms with E-state index in [0.29, 0.717) is 34.8 Å². The molecular weight excluding hydrogens is 286 g/mol. The summed E-state index contributed by atoms with van der Waals surface area (Å²) in [6, 6.07) is 3.60. The quantitative estimate of drug-likeness (QED) is 0.496. The average Bonchev–Trinajstić information content (AvgIpc) is 2.64. The number of fused-ring (bicyclic) bond motifs is 1. The van der Waals surface area contributed by atoms with Gasteiger partial charge in [0.25, 0.3) is 0 Å². The molecule has 0 spiro atoms. The summed E-state index contributed by atoms with van der Waals surface area (Å²) in [5, 5.41) is 7.70. The number of nitrogens with zero attached hydrogens (tertiary/aromatic N) is 1. The van der Waals surface area contributed by atoms with Gasteiger partial charge < -0.3 is 14.8 Å². The SMILES string of the molecule is CNC(=S)N/N=C\c1cc(Cl)c2c(c1)OCCCO2. The van der Waals surface area contributed by atoms with E-state index >= 15 is 0 Å². The minimum absolute atomic E-state index is 0.441. The molecule has 0 atom stereocenters. The highest BCUT2D eigenvalue weighted by Crippen LogP contribution is 2.37. The maximum absolute atomic E-state index is 6.16. The van der Waals surface area contributed by atoms with E-state index in [4.69, 9.17) is 33.3 Å². The molecule has 1 aliphatic rings. The van der Waals surface area contributed by atoms with Gasteiger partial charge in [0.2, 0.25) is 0 Å². The van der Waals surface area contributed by atoms with Gasteiger partial charge in [-0.15, -0.1) is 0 Å². The minimum atomic E-state index is 0.441. The zero-order valence-electron chi connectivity index (χ0n) is 10.4. The Kier molecular flexibility index (Phi) is 4.81. The molecule has 1 aromatic carbocycles. The molecule has 5 nitrogen and oxygen atoms in total. The van der Waals surface area contributed by atoms with E-state index < -0.39 is 0 Å². The first-order valence-electron chi connectivity index (χ1n) is 5.80. The van der Waals surface area contributed by atoms with Crippen LogP contribution in [0.3, 0.4) is 0 Å². The van der Waals surface area contributed by atoms with E-state index in [2.05, 4.69) is 15.8 Å². The van der Waals surface area contributed by atoms with Crippen LogP contribution in [0.25, 0.3) is 0 Å². The van der Waals surface area contributed by atoms with Gasteiger partial charge in [-0.3, -0.25) is 5.43 Å². The van der Waals surface area contributed by atoms with Crippen molar-refractivity contribution in [3.8, 4) is 11.5 Å². The Hall–Kier alpha value is -1.53. The van der Waals surface area contributed by atoms with Crippen LogP contribution in [0.15, 0.2) is 17.2 Å². The molecule has 2 rings (SSSR count). The Bertz CT molecular complexity index is 508. The lowest BCUT2D eigenvalue weighted by Gasteiger charge is -2.09. The van der Waals surface area contributed by atoms with Crippen LogP contribution in [0.1, 0.15) is 12.0 Å². The van der Waals surface area contributed by atoms with Gasteiger partial charge in [0.15, 0.2) is 16.6 Å². The molecule has 102 valence electrons. The van der Waals surface area contributed by atoms with Gasteiger partial charge in [-0.2, -0.15) is 5.10 Å². The highest BCUT2D eigenvalue weighted by molar-refractivity contribution is 7.80. The van der Waals surface area contributed by atoms with E-state index in [-0.39, 0.29) is 0 Å². The minimum Gasteiger partial charge on any atom is -0.489 e. The Labute approximate surface area is 121 Å². The molecule has 7 heteroatoms. The van der Waals surface area contributed by atoms with Crippen LogP contribution in [0.2, 0.25) is 5.02 Å².